The van der Waals surface area contributed by atoms with Crippen molar-refractivity contribution in [3.63, 3.8) is 0 Å². The summed E-state index contributed by atoms with van der Waals surface area (Å²) in [6.07, 6.45) is 1.65. The summed E-state index contributed by atoms with van der Waals surface area (Å²) in [5, 5.41) is 4.51. The van der Waals surface area contributed by atoms with Gasteiger partial charge in [0.25, 0.3) is 5.91 Å². The Morgan fingerprint density at radius 3 is 2.03 bits per heavy atom. The van der Waals surface area contributed by atoms with Gasteiger partial charge in [0.05, 0.1) is 11.9 Å². The maximum absolute atomic E-state index is 13.5. The van der Waals surface area contributed by atoms with E-state index >= 15 is 0 Å². The highest BCUT2D eigenvalue weighted by molar-refractivity contribution is 5.95. The average Bonchev–Trinajstić information content (AvgIpc) is 3.33. The van der Waals surface area contributed by atoms with E-state index in [1.165, 1.54) is 28.9 Å². The van der Waals surface area contributed by atoms with Crippen LogP contribution in [0.3, 0.4) is 0 Å². The number of hydrogen-bond acceptors (Lipinski definition) is 4. The van der Waals surface area contributed by atoms with Gasteiger partial charge in [-0.3, -0.25) is 4.79 Å². The highest BCUT2D eigenvalue weighted by atomic mass is 19.1. The van der Waals surface area contributed by atoms with Crippen molar-refractivity contribution in [1.82, 2.24) is 14.7 Å². The van der Waals surface area contributed by atoms with E-state index in [0.29, 0.717) is 37.6 Å². The first-order chi connectivity index (χ1) is 17.1. The number of piperazine rings is 1. The van der Waals surface area contributed by atoms with Crippen LogP contribution in [0.4, 0.5) is 14.5 Å². The molecule has 1 aliphatic heterocycles. The number of anilines is 1. The van der Waals surface area contributed by atoms with Gasteiger partial charge in [-0.05, 0) is 54.1 Å². The van der Waals surface area contributed by atoms with Gasteiger partial charge in [-0.25, -0.2) is 13.5 Å². The second-order valence-corrected chi connectivity index (χ2v) is 8.29. The van der Waals surface area contributed by atoms with Gasteiger partial charge >= 0.3 is 0 Å². The number of ether oxygens (including phenoxy) is 1. The van der Waals surface area contributed by atoms with Crippen molar-refractivity contribution in [3.8, 4) is 11.4 Å². The summed E-state index contributed by atoms with van der Waals surface area (Å²) in [6.45, 7) is 2.52. The molecule has 1 amide bonds. The molecule has 35 heavy (non-hydrogen) atoms. The van der Waals surface area contributed by atoms with E-state index in [1.54, 1.807) is 35.4 Å². The predicted molar refractivity (Wildman–Crippen MR) is 129 cm³/mol. The Bertz CT molecular complexity index is 1280. The van der Waals surface area contributed by atoms with Crippen molar-refractivity contribution in [2.24, 2.45) is 0 Å². The fourth-order valence-corrected chi connectivity index (χ4v) is 4.04. The molecule has 0 aliphatic carbocycles. The number of carbonyl (C=O) groups excluding carboxylic acids is 1. The third-order valence-corrected chi connectivity index (χ3v) is 5.97. The van der Waals surface area contributed by atoms with E-state index in [2.05, 4.69) is 10.00 Å². The van der Waals surface area contributed by atoms with Crippen LogP contribution >= 0.6 is 0 Å². The van der Waals surface area contributed by atoms with Gasteiger partial charge in [0, 0.05) is 31.9 Å². The van der Waals surface area contributed by atoms with Crippen molar-refractivity contribution in [1.29, 1.82) is 0 Å². The zero-order valence-electron chi connectivity index (χ0n) is 19.0. The summed E-state index contributed by atoms with van der Waals surface area (Å²) in [7, 11) is 0. The number of hydrogen-bond donors (Lipinski definition) is 0. The number of aromatic nitrogens is 2. The van der Waals surface area contributed by atoms with Crippen LogP contribution in [0.1, 0.15) is 16.1 Å². The Morgan fingerprint density at radius 2 is 1.40 bits per heavy atom. The van der Waals surface area contributed by atoms with E-state index in [-0.39, 0.29) is 29.8 Å². The maximum Gasteiger partial charge on any atom is 0.278 e. The van der Waals surface area contributed by atoms with Crippen molar-refractivity contribution in [2.45, 2.75) is 6.61 Å². The van der Waals surface area contributed by atoms with E-state index < -0.39 is 0 Å². The summed E-state index contributed by atoms with van der Waals surface area (Å²) in [4.78, 5) is 17.3. The first-order valence-corrected chi connectivity index (χ1v) is 11.4. The molecule has 1 fully saturated rings. The van der Waals surface area contributed by atoms with Gasteiger partial charge in [0.15, 0.2) is 11.4 Å². The molecule has 8 heteroatoms. The second-order valence-electron chi connectivity index (χ2n) is 8.29. The Labute approximate surface area is 202 Å². The normalized spacial score (nSPS) is 13.7. The highest BCUT2D eigenvalue weighted by Gasteiger charge is 2.27. The molecule has 4 aromatic rings. The lowest BCUT2D eigenvalue weighted by molar-refractivity contribution is 0.0735. The first kappa shape index (κ1) is 22.6. The minimum Gasteiger partial charge on any atom is -0.485 e. The lowest BCUT2D eigenvalue weighted by atomic mass is 10.2. The molecule has 178 valence electrons. The number of benzene rings is 3. The van der Waals surface area contributed by atoms with Crippen LogP contribution in [-0.4, -0.2) is 46.8 Å². The second kappa shape index (κ2) is 9.97. The Hall–Kier alpha value is -4.20. The van der Waals surface area contributed by atoms with Crippen molar-refractivity contribution >= 4 is 11.6 Å². The summed E-state index contributed by atoms with van der Waals surface area (Å²) in [5.74, 6) is -0.490. The van der Waals surface area contributed by atoms with Crippen LogP contribution in [0, 0.1) is 11.6 Å². The van der Waals surface area contributed by atoms with E-state index in [9.17, 15) is 13.6 Å². The lowest BCUT2D eigenvalue weighted by Gasteiger charge is -2.35. The summed E-state index contributed by atoms with van der Waals surface area (Å²) in [5.41, 5.74) is 2.72. The molecule has 1 aliphatic rings. The molecule has 0 saturated carbocycles. The quantitative estimate of drug-likeness (QED) is 0.407. The van der Waals surface area contributed by atoms with Crippen molar-refractivity contribution in [2.75, 3.05) is 31.1 Å². The number of halogens is 2. The number of carbonyl (C=O) groups is 1. The topological polar surface area (TPSA) is 50.6 Å². The molecule has 0 N–H and O–H groups in total. The van der Waals surface area contributed by atoms with Crippen LogP contribution in [0.5, 0.6) is 5.75 Å². The summed E-state index contributed by atoms with van der Waals surface area (Å²) in [6, 6.07) is 21.9. The zero-order valence-corrected chi connectivity index (χ0v) is 19.0. The molecule has 3 aromatic carbocycles. The van der Waals surface area contributed by atoms with Crippen molar-refractivity contribution < 1.29 is 18.3 Å². The van der Waals surface area contributed by atoms with Gasteiger partial charge in [-0.1, -0.05) is 30.3 Å². The molecule has 0 radical (unpaired) electrons. The van der Waals surface area contributed by atoms with Crippen molar-refractivity contribution in [3.05, 3.63) is 108 Å². The molecule has 0 bridgehead atoms. The van der Waals surface area contributed by atoms with Crippen LogP contribution in [0.25, 0.3) is 5.69 Å². The Balaban J connectivity index is 1.35. The lowest BCUT2D eigenvalue weighted by Crippen LogP contribution is -2.49. The first-order valence-electron chi connectivity index (χ1n) is 11.4. The number of rotatable bonds is 6. The van der Waals surface area contributed by atoms with Gasteiger partial charge in [-0.15, -0.1) is 0 Å². The SMILES string of the molecule is O=C(c1nn(-c2ccc(F)cc2)cc1OCc1ccccc1)N1CCN(c2ccc(F)cc2)CC1. The minimum atomic E-state index is -0.350. The fourth-order valence-electron chi connectivity index (χ4n) is 4.04. The largest absolute Gasteiger partial charge is 0.485 e. The molecule has 2 heterocycles. The number of amides is 1. The molecule has 6 nitrogen and oxygen atoms in total. The molecule has 5 rings (SSSR count). The van der Waals surface area contributed by atoms with Gasteiger partial charge in [-0.2, -0.15) is 5.10 Å². The average molecular weight is 475 g/mol. The van der Waals surface area contributed by atoms with E-state index in [0.717, 1.165) is 11.3 Å². The predicted octanol–water partition coefficient (Wildman–Crippen LogP) is 4.69. The van der Waals surface area contributed by atoms with Gasteiger partial charge < -0.3 is 14.5 Å². The molecule has 1 saturated heterocycles. The third kappa shape index (κ3) is 5.16. The van der Waals surface area contributed by atoms with Crippen LogP contribution < -0.4 is 9.64 Å². The fraction of sp³-hybridized carbons (Fsp3) is 0.185. The zero-order chi connectivity index (χ0) is 24.2. The van der Waals surface area contributed by atoms with Crippen LogP contribution in [0.2, 0.25) is 0 Å². The maximum atomic E-state index is 13.5. The molecule has 0 spiro atoms. The monoisotopic (exact) mass is 474 g/mol. The molecule has 0 unspecified atom stereocenters. The summed E-state index contributed by atoms with van der Waals surface area (Å²) < 4.78 is 34.2. The summed E-state index contributed by atoms with van der Waals surface area (Å²) >= 11 is 0. The van der Waals surface area contributed by atoms with Gasteiger partial charge in [0.2, 0.25) is 0 Å². The van der Waals surface area contributed by atoms with Gasteiger partial charge in [0.1, 0.15) is 18.2 Å². The Kier molecular flexibility index (Phi) is 6.43. The Morgan fingerprint density at radius 1 is 0.800 bits per heavy atom. The third-order valence-electron chi connectivity index (χ3n) is 5.97. The standard InChI is InChI=1S/C27H24F2N4O2/c28-21-6-10-23(11-7-21)31-14-16-32(17-15-31)27(34)26-25(35-19-20-4-2-1-3-5-20)18-33(30-26)24-12-8-22(29)9-13-24/h1-13,18H,14-17,19H2. The van der Waals surface area contributed by atoms with Crippen LogP contribution in [-0.2, 0) is 6.61 Å². The van der Waals surface area contributed by atoms with Crippen LogP contribution in [0.15, 0.2) is 85.1 Å². The molecular formula is C27H24F2N4O2. The van der Waals surface area contributed by atoms with E-state index in [4.69, 9.17) is 4.74 Å². The highest BCUT2D eigenvalue weighted by Crippen LogP contribution is 2.24. The van der Waals surface area contributed by atoms with E-state index in [1.807, 2.05) is 30.3 Å². The number of nitrogens with zero attached hydrogens (tertiary/aromatic N) is 4. The molecule has 0 atom stereocenters. The molecule has 1 aromatic heterocycles. The smallest absolute Gasteiger partial charge is 0.278 e. The molecular weight excluding hydrogens is 450 g/mol. The minimum absolute atomic E-state index is 0.209.